The lowest BCUT2D eigenvalue weighted by molar-refractivity contribution is 1.13. The van der Waals surface area contributed by atoms with Crippen LogP contribution < -0.4 is 5.56 Å². The monoisotopic (exact) mass is 174 g/mol. The van der Waals surface area contributed by atoms with Gasteiger partial charge in [0.25, 0.3) is 0 Å². The van der Waals surface area contributed by atoms with Gasteiger partial charge in [-0.15, -0.1) is 0 Å². The molecule has 2 aromatic rings. The van der Waals surface area contributed by atoms with Crippen LogP contribution in [0, 0.1) is 0 Å². The molecule has 0 bridgehead atoms. The van der Waals surface area contributed by atoms with Crippen LogP contribution in [-0.4, -0.2) is 9.97 Å². The summed E-state index contributed by atoms with van der Waals surface area (Å²) in [4.78, 5) is 17.8. The summed E-state index contributed by atoms with van der Waals surface area (Å²) in [6.45, 7) is 2.08. The summed E-state index contributed by atoms with van der Waals surface area (Å²) in [5.41, 5.74) is 1.78. The van der Waals surface area contributed by atoms with Crippen LogP contribution in [0.4, 0.5) is 0 Å². The average molecular weight is 174 g/mol. The minimum Gasteiger partial charge on any atom is -0.307 e. The number of aromatic nitrogens is 2. The van der Waals surface area contributed by atoms with Crippen molar-refractivity contribution in [2.24, 2.45) is 0 Å². The molecule has 0 aromatic carbocycles. The standard InChI is InChI=1S/C10H10N2O/c1-2-7-5-6-11-10-8(7)3-4-9(13)12-10/h3-6H,2H2,1H3,(H,11,12,13). The molecule has 3 nitrogen and oxygen atoms in total. The van der Waals surface area contributed by atoms with E-state index < -0.39 is 0 Å². The second-order valence-electron chi connectivity index (χ2n) is 2.91. The maximum Gasteiger partial charge on any atom is 0.249 e. The number of hydrogen-bond acceptors (Lipinski definition) is 2. The molecule has 0 radical (unpaired) electrons. The zero-order chi connectivity index (χ0) is 9.26. The molecule has 0 spiro atoms. The maximum atomic E-state index is 11.0. The fourth-order valence-corrected chi connectivity index (χ4v) is 1.42. The molecule has 0 aliphatic carbocycles. The van der Waals surface area contributed by atoms with Crippen LogP contribution in [0.15, 0.2) is 29.2 Å². The van der Waals surface area contributed by atoms with Crippen molar-refractivity contribution in [3.05, 3.63) is 40.3 Å². The van der Waals surface area contributed by atoms with E-state index in [0.29, 0.717) is 5.65 Å². The number of hydrogen-bond donors (Lipinski definition) is 1. The summed E-state index contributed by atoms with van der Waals surface area (Å²) in [5.74, 6) is 0. The second-order valence-corrected chi connectivity index (χ2v) is 2.91. The van der Waals surface area contributed by atoms with E-state index in [4.69, 9.17) is 0 Å². The summed E-state index contributed by atoms with van der Waals surface area (Å²) in [7, 11) is 0. The fraction of sp³-hybridized carbons (Fsp3) is 0.200. The van der Waals surface area contributed by atoms with Gasteiger partial charge in [0, 0.05) is 17.6 Å². The minimum absolute atomic E-state index is 0.103. The van der Waals surface area contributed by atoms with Crippen molar-refractivity contribution >= 4 is 11.0 Å². The zero-order valence-electron chi connectivity index (χ0n) is 7.37. The van der Waals surface area contributed by atoms with Crippen LogP contribution in [0.5, 0.6) is 0 Å². The Kier molecular flexibility index (Phi) is 1.85. The van der Waals surface area contributed by atoms with Gasteiger partial charge in [-0.05, 0) is 24.1 Å². The number of aromatic amines is 1. The minimum atomic E-state index is -0.103. The van der Waals surface area contributed by atoms with Gasteiger partial charge in [-0.2, -0.15) is 0 Å². The van der Waals surface area contributed by atoms with Gasteiger partial charge >= 0.3 is 0 Å². The lowest BCUT2D eigenvalue weighted by atomic mass is 10.1. The molecule has 3 heteroatoms. The summed E-state index contributed by atoms with van der Waals surface area (Å²) in [5, 5.41) is 1.03. The number of nitrogens with one attached hydrogen (secondary N) is 1. The van der Waals surface area contributed by atoms with Crippen LogP contribution in [0.1, 0.15) is 12.5 Å². The Labute approximate surface area is 75.4 Å². The topological polar surface area (TPSA) is 45.8 Å². The molecule has 0 aliphatic rings. The molecule has 0 aliphatic heterocycles. The van der Waals surface area contributed by atoms with Gasteiger partial charge in [-0.3, -0.25) is 4.79 Å². The highest BCUT2D eigenvalue weighted by atomic mass is 16.1. The van der Waals surface area contributed by atoms with Crippen molar-refractivity contribution in [1.82, 2.24) is 9.97 Å². The lowest BCUT2D eigenvalue weighted by Gasteiger charge is -2.01. The predicted octanol–water partition coefficient (Wildman–Crippen LogP) is 1.49. The number of aryl methyl sites for hydroxylation is 1. The Balaban J connectivity index is 2.85. The largest absolute Gasteiger partial charge is 0.307 e. The number of rotatable bonds is 1. The van der Waals surface area contributed by atoms with Crippen LogP contribution in [0.25, 0.3) is 11.0 Å². The number of H-pyrrole nitrogens is 1. The van der Waals surface area contributed by atoms with Gasteiger partial charge in [-0.1, -0.05) is 6.92 Å². The lowest BCUT2D eigenvalue weighted by Crippen LogP contribution is -2.04. The van der Waals surface area contributed by atoms with Crippen LogP contribution in [0.2, 0.25) is 0 Å². The van der Waals surface area contributed by atoms with Crippen molar-refractivity contribution < 1.29 is 0 Å². The third-order valence-electron chi connectivity index (χ3n) is 2.10. The SMILES string of the molecule is CCc1ccnc2[nH]c(=O)ccc12. The van der Waals surface area contributed by atoms with Gasteiger partial charge in [0.2, 0.25) is 5.56 Å². The third-order valence-corrected chi connectivity index (χ3v) is 2.10. The van der Waals surface area contributed by atoms with E-state index >= 15 is 0 Å². The van der Waals surface area contributed by atoms with E-state index in [1.54, 1.807) is 6.20 Å². The molecule has 0 atom stereocenters. The first-order valence-corrected chi connectivity index (χ1v) is 4.28. The van der Waals surface area contributed by atoms with Crippen LogP contribution in [0.3, 0.4) is 0 Å². The number of pyridine rings is 2. The third kappa shape index (κ3) is 1.33. The molecule has 0 saturated heterocycles. The molecule has 0 amide bonds. The van der Waals surface area contributed by atoms with Crippen molar-refractivity contribution in [1.29, 1.82) is 0 Å². The van der Waals surface area contributed by atoms with E-state index in [2.05, 4.69) is 16.9 Å². The molecule has 2 rings (SSSR count). The Bertz CT molecular complexity index is 487. The van der Waals surface area contributed by atoms with E-state index in [9.17, 15) is 4.79 Å². The van der Waals surface area contributed by atoms with Gasteiger partial charge in [0.15, 0.2) is 0 Å². The maximum absolute atomic E-state index is 11.0. The molecule has 2 heterocycles. The first kappa shape index (κ1) is 7.98. The fourth-order valence-electron chi connectivity index (χ4n) is 1.42. The Hall–Kier alpha value is -1.64. The molecule has 0 saturated carbocycles. The normalized spacial score (nSPS) is 10.5. The van der Waals surface area contributed by atoms with Gasteiger partial charge < -0.3 is 4.98 Å². The summed E-state index contributed by atoms with van der Waals surface area (Å²) in [6, 6.07) is 5.32. The molecule has 2 aromatic heterocycles. The molecule has 1 N–H and O–H groups in total. The Morgan fingerprint density at radius 1 is 1.38 bits per heavy atom. The second kappa shape index (κ2) is 3.01. The first-order valence-electron chi connectivity index (χ1n) is 4.28. The van der Waals surface area contributed by atoms with Gasteiger partial charge in [0.1, 0.15) is 5.65 Å². The van der Waals surface area contributed by atoms with Gasteiger partial charge in [-0.25, -0.2) is 4.98 Å². The quantitative estimate of drug-likeness (QED) is 0.711. The van der Waals surface area contributed by atoms with E-state index in [0.717, 1.165) is 11.8 Å². The van der Waals surface area contributed by atoms with E-state index in [-0.39, 0.29) is 5.56 Å². The molecule has 66 valence electrons. The molecule has 0 unspecified atom stereocenters. The van der Waals surface area contributed by atoms with Crippen LogP contribution in [-0.2, 0) is 6.42 Å². The van der Waals surface area contributed by atoms with Crippen LogP contribution >= 0.6 is 0 Å². The molecular formula is C10H10N2O. The number of fused-ring (bicyclic) bond motifs is 1. The summed E-state index contributed by atoms with van der Waals surface area (Å²) < 4.78 is 0. The van der Waals surface area contributed by atoms with Crippen molar-refractivity contribution in [2.45, 2.75) is 13.3 Å². The number of nitrogens with zero attached hydrogens (tertiary/aromatic N) is 1. The Morgan fingerprint density at radius 2 is 2.23 bits per heavy atom. The Morgan fingerprint density at radius 3 is 3.00 bits per heavy atom. The molecular weight excluding hydrogens is 164 g/mol. The molecule has 13 heavy (non-hydrogen) atoms. The van der Waals surface area contributed by atoms with E-state index in [1.807, 2.05) is 12.1 Å². The van der Waals surface area contributed by atoms with E-state index in [1.165, 1.54) is 11.6 Å². The van der Waals surface area contributed by atoms with Crippen molar-refractivity contribution in [2.75, 3.05) is 0 Å². The van der Waals surface area contributed by atoms with Crippen molar-refractivity contribution in [3.63, 3.8) is 0 Å². The smallest absolute Gasteiger partial charge is 0.249 e. The molecule has 0 fully saturated rings. The van der Waals surface area contributed by atoms with Crippen molar-refractivity contribution in [3.8, 4) is 0 Å². The average Bonchev–Trinajstić information content (AvgIpc) is 2.16. The van der Waals surface area contributed by atoms with Gasteiger partial charge in [0.05, 0.1) is 0 Å². The predicted molar refractivity (Wildman–Crippen MR) is 51.7 cm³/mol. The first-order chi connectivity index (χ1) is 6.31. The zero-order valence-corrected chi connectivity index (χ0v) is 7.37. The highest BCUT2D eigenvalue weighted by Gasteiger charge is 1.99. The summed E-state index contributed by atoms with van der Waals surface area (Å²) in [6.07, 6.45) is 2.67. The summed E-state index contributed by atoms with van der Waals surface area (Å²) >= 11 is 0. The highest BCUT2D eigenvalue weighted by molar-refractivity contribution is 5.77. The highest BCUT2D eigenvalue weighted by Crippen LogP contribution is 2.12.